The Hall–Kier alpha value is -2.99. The zero-order valence-electron chi connectivity index (χ0n) is 19.3. The minimum Gasteiger partial charge on any atom is -0.333 e. The molecule has 2 aromatic carbocycles. The third-order valence-electron chi connectivity index (χ3n) is 5.44. The van der Waals surface area contributed by atoms with Crippen LogP contribution in [0.2, 0.25) is 0 Å². The highest BCUT2D eigenvalue weighted by atomic mass is 32.1. The molecule has 0 radical (unpaired) electrons. The Balaban J connectivity index is 1.74. The summed E-state index contributed by atoms with van der Waals surface area (Å²) >= 11 is 1.68. The van der Waals surface area contributed by atoms with Gasteiger partial charge in [-0.25, -0.2) is 4.39 Å². The highest BCUT2D eigenvalue weighted by Crippen LogP contribution is 2.19. The Bertz CT molecular complexity index is 1030. The highest BCUT2D eigenvalue weighted by Gasteiger charge is 2.22. The van der Waals surface area contributed by atoms with Gasteiger partial charge in [-0.1, -0.05) is 55.8 Å². The molecule has 174 valence electrons. The van der Waals surface area contributed by atoms with Crippen molar-refractivity contribution in [2.45, 2.75) is 46.2 Å². The normalized spacial score (nSPS) is 10.8. The van der Waals surface area contributed by atoms with Crippen molar-refractivity contribution in [1.29, 1.82) is 0 Å². The molecule has 0 saturated heterocycles. The number of aryl methyl sites for hydroxylation is 1. The van der Waals surface area contributed by atoms with Crippen LogP contribution in [-0.4, -0.2) is 34.7 Å². The number of rotatable bonds is 11. The van der Waals surface area contributed by atoms with Gasteiger partial charge in [0.05, 0.1) is 19.5 Å². The Labute approximate surface area is 199 Å². The quantitative estimate of drug-likeness (QED) is 0.369. The van der Waals surface area contributed by atoms with Gasteiger partial charge in [0.15, 0.2) is 0 Å². The topological polar surface area (TPSA) is 40.6 Å². The van der Waals surface area contributed by atoms with Gasteiger partial charge in [-0.05, 0) is 48.7 Å². The van der Waals surface area contributed by atoms with Crippen molar-refractivity contribution in [3.05, 3.63) is 93.4 Å². The number of thiophene rings is 1. The zero-order valence-corrected chi connectivity index (χ0v) is 20.1. The third-order valence-corrected chi connectivity index (χ3v) is 6.43. The first-order valence-electron chi connectivity index (χ1n) is 11.3. The van der Waals surface area contributed by atoms with Crippen LogP contribution in [0.3, 0.4) is 0 Å². The number of hydrogen-bond donors (Lipinski definition) is 0. The van der Waals surface area contributed by atoms with Crippen LogP contribution in [0.15, 0.2) is 66.7 Å². The summed E-state index contributed by atoms with van der Waals surface area (Å²) in [5.74, 6) is -0.520. The first kappa shape index (κ1) is 24.6. The molecular weight excluding hydrogens is 435 g/mol. The van der Waals surface area contributed by atoms with Gasteiger partial charge >= 0.3 is 0 Å². The summed E-state index contributed by atoms with van der Waals surface area (Å²) in [4.78, 5) is 32.3. The van der Waals surface area contributed by atoms with Crippen LogP contribution in [-0.2, 0) is 29.1 Å². The number of hydrogen-bond acceptors (Lipinski definition) is 3. The lowest BCUT2D eigenvalue weighted by Gasteiger charge is -2.28. The minimum atomic E-state index is -0.329. The lowest BCUT2D eigenvalue weighted by Crippen LogP contribution is -2.43. The SMILES string of the molecule is CCCCN(CC(=O)N(Cc1ccccc1)Cc1ccc(C)s1)C(=O)Cc1ccc(F)cc1. The maximum atomic E-state index is 13.4. The molecule has 1 aromatic heterocycles. The van der Waals surface area contributed by atoms with Crippen molar-refractivity contribution >= 4 is 23.2 Å². The van der Waals surface area contributed by atoms with Crippen molar-refractivity contribution in [1.82, 2.24) is 9.80 Å². The van der Waals surface area contributed by atoms with Gasteiger partial charge < -0.3 is 9.80 Å². The maximum absolute atomic E-state index is 13.4. The van der Waals surface area contributed by atoms with Crippen molar-refractivity contribution in [3.8, 4) is 0 Å². The van der Waals surface area contributed by atoms with Crippen molar-refractivity contribution in [2.24, 2.45) is 0 Å². The number of carbonyl (C=O) groups excluding carboxylic acids is 2. The molecule has 0 aliphatic rings. The molecule has 0 atom stereocenters. The van der Waals surface area contributed by atoms with Crippen LogP contribution in [0.25, 0.3) is 0 Å². The van der Waals surface area contributed by atoms with Crippen LogP contribution >= 0.6 is 11.3 Å². The van der Waals surface area contributed by atoms with E-state index in [1.54, 1.807) is 28.4 Å². The molecule has 2 amide bonds. The zero-order chi connectivity index (χ0) is 23.6. The largest absolute Gasteiger partial charge is 0.333 e. The lowest BCUT2D eigenvalue weighted by atomic mass is 10.1. The van der Waals surface area contributed by atoms with E-state index in [4.69, 9.17) is 0 Å². The average molecular weight is 467 g/mol. The fourth-order valence-electron chi connectivity index (χ4n) is 3.59. The van der Waals surface area contributed by atoms with Crippen LogP contribution in [0.4, 0.5) is 4.39 Å². The summed E-state index contributed by atoms with van der Waals surface area (Å²) in [7, 11) is 0. The van der Waals surface area contributed by atoms with Crippen molar-refractivity contribution < 1.29 is 14.0 Å². The lowest BCUT2D eigenvalue weighted by molar-refractivity contribution is -0.141. The molecule has 0 bridgehead atoms. The first-order chi connectivity index (χ1) is 15.9. The summed E-state index contributed by atoms with van der Waals surface area (Å²) in [5, 5.41) is 0. The average Bonchev–Trinajstić information content (AvgIpc) is 3.22. The van der Waals surface area contributed by atoms with Gasteiger partial charge in [-0.3, -0.25) is 9.59 Å². The molecule has 0 aliphatic heterocycles. The predicted octanol–water partition coefficient (Wildman–Crippen LogP) is 5.60. The second-order valence-corrected chi connectivity index (χ2v) is 9.59. The molecule has 0 aliphatic carbocycles. The van der Waals surface area contributed by atoms with E-state index in [1.807, 2.05) is 35.2 Å². The Morgan fingerprint density at radius 1 is 0.848 bits per heavy atom. The van der Waals surface area contributed by atoms with Crippen molar-refractivity contribution in [3.63, 3.8) is 0 Å². The monoisotopic (exact) mass is 466 g/mol. The molecule has 3 rings (SSSR count). The summed E-state index contributed by atoms with van der Waals surface area (Å²) in [6.45, 7) is 5.69. The second kappa shape index (κ2) is 12.3. The molecule has 6 heteroatoms. The van der Waals surface area contributed by atoms with E-state index >= 15 is 0 Å². The fourth-order valence-corrected chi connectivity index (χ4v) is 4.49. The Kier molecular flexibility index (Phi) is 9.19. The van der Waals surface area contributed by atoms with Crippen LogP contribution in [0, 0.1) is 12.7 Å². The third kappa shape index (κ3) is 7.82. The van der Waals surface area contributed by atoms with Gasteiger partial charge in [-0.2, -0.15) is 0 Å². The highest BCUT2D eigenvalue weighted by molar-refractivity contribution is 7.11. The summed E-state index contributed by atoms with van der Waals surface area (Å²) in [5.41, 5.74) is 1.79. The number of amides is 2. The number of nitrogens with zero attached hydrogens (tertiary/aromatic N) is 2. The van der Waals surface area contributed by atoms with Crippen LogP contribution < -0.4 is 0 Å². The van der Waals surface area contributed by atoms with E-state index in [2.05, 4.69) is 26.0 Å². The fraction of sp³-hybridized carbons (Fsp3) is 0.333. The molecule has 0 spiro atoms. The molecule has 0 fully saturated rings. The Morgan fingerprint density at radius 3 is 2.21 bits per heavy atom. The summed E-state index contributed by atoms with van der Waals surface area (Å²) in [6.07, 6.45) is 1.90. The second-order valence-electron chi connectivity index (χ2n) is 8.22. The van der Waals surface area contributed by atoms with E-state index in [0.29, 0.717) is 19.6 Å². The van der Waals surface area contributed by atoms with Gasteiger partial charge in [0.1, 0.15) is 5.82 Å². The van der Waals surface area contributed by atoms with Gasteiger partial charge in [0.25, 0.3) is 0 Å². The van der Waals surface area contributed by atoms with E-state index in [-0.39, 0.29) is 30.6 Å². The summed E-state index contributed by atoms with van der Waals surface area (Å²) < 4.78 is 13.2. The maximum Gasteiger partial charge on any atom is 0.242 e. The van der Waals surface area contributed by atoms with E-state index in [9.17, 15) is 14.0 Å². The molecule has 4 nitrogen and oxygen atoms in total. The van der Waals surface area contributed by atoms with Gasteiger partial charge in [0, 0.05) is 22.8 Å². The number of carbonyl (C=O) groups is 2. The first-order valence-corrected chi connectivity index (χ1v) is 12.2. The number of unbranched alkanes of at least 4 members (excludes halogenated alkanes) is 1. The molecule has 1 heterocycles. The molecule has 33 heavy (non-hydrogen) atoms. The number of benzene rings is 2. The molecule has 0 N–H and O–H groups in total. The van der Waals surface area contributed by atoms with Crippen molar-refractivity contribution in [2.75, 3.05) is 13.1 Å². The van der Waals surface area contributed by atoms with Crippen LogP contribution in [0.1, 0.15) is 40.6 Å². The van der Waals surface area contributed by atoms with Gasteiger partial charge in [0.2, 0.25) is 11.8 Å². The predicted molar refractivity (Wildman–Crippen MR) is 131 cm³/mol. The van der Waals surface area contributed by atoms with E-state index in [1.165, 1.54) is 17.0 Å². The van der Waals surface area contributed by atoms with E-state index in [0.717, 1.165) is 28.8 Å². The molecular formula is C27H31FN2O2S. The van der Waals surface area contributed by atoms with Crippen LogP contribution in [0.5, 0.6) is 0 Å². The smallest absolute Gasteiger partial charge is 0.242 e. The molecule has 3 aromatic rings. The summed E-state index contributed by atoms with van der Waals surface area (Å²) in [6, 6.07) is 20.0. The molecule has 0 unspecified atom stereocenters. The van der Waals surface area contributed by atoms with E-state index < -0.39 is 0 Å². The molecule has 0 saturated carbocycles. The minimum absolute atomic E-state index is 0.0389. The number of halogens is 1. The Morgan fingerprint density at radius 2 is 1.58 bits per heavy atom. The standard InChI is InChI=1S/C27H31FN2O2S/c1-3-4-16-29(26(31)17-22-11-13-24(28)14-12-22)20-27(32)30(18-23-8-6-5-7-9-23)19-25-15-10-21(2)33-25/h5-15H,3-4,16-20H2,1-2H3. The van der Waals surface area contributed by atoms with Gasteiger partial charge in [-0.15, -0.1) is 11.3 Å².